The van der Waals surface area contributed by atoms with Crippen LogP contribution in [-0.2, 0) is 0 Å². The van der Waals surface area contributed by atoms with Crippen LogP contribution in [-0.4, -0.2) is 21.1 Å². The van der Waals surface area contributed by atoms with E-state index in [2.05, 4.69) is 38.0 Å². The molecule has 13 heavy (non-hydrogen) atoms. The zero-order chi connectivity index (χ0) is 11.7. The lowest BCUT2D eigenvalue weighted by atomic mass is 10.1. The molecule has 0 rings (SSSR count). The van der Waals surface area contributed by atoms with Gasteiger partial charge in [0.05, 0.1) is 0 Å². The van der Waals surface area contributed by atoms with E-state index in [4.69, 9.17) is 0 Å². The standard InChI is InChI=1S/C7H15.3CH5N/c1-4-5-6-7(2)3;3*1-2/h7H,1,4-6H2,2-3H3;3*2H2,1H3. The number of rotatable bonds is 3. The Morgan fingerprint density at radius 1 is 0.923 bits per heavy atom. The van der Waals surface area contributed by atoms with Crippen molar-refractivity contribution in [1.82, 2.24) is 0 Å². The molecule has 3 heteroatoms. The molecule has 0 heterocycles. The summed E-state index contributed by atoms with van der Waals surface area (Å²) in [5, 5.41) is 0. The first-order valence-electron chi connectivity index (χ1n) is 4.79. The maximum absolute atomic E-state index is 4.50. The van der Waals surface area contributed by atoms with Crippen molar-refractivity contribution in [3.05, 3.63) is 6.92 Å². The van der Waals surface area contributed by atoms with Crippen LogP contribution in [0.3, 0.4) is 0 Å². The topological polar surface area (TPSA) is 78.1 Å². The minimum atomic E-state index is 0.863. The Bertz CT molecular complexity index is 39.2. The highest BCUT2D eigenvalue weighted by Gasteiger charge is 1.88. The van der Waals surface area contributed by atoms with Gasteiger partial charge in [0, 0.05) is 0 Å². The number of unbranched alkanes of at least 4 members (excludes halogenated alkanes) is 1. The Kier molecular flexibility index (Phi) is 72.1. The van der Waals surface area contributed by atoms with Crippen LogP contribution < -0.4 is 17.2 Å². The van der Waals surface area contributed by atoms with Crippen molar-refractivity contribution in [2.75, 3.05) is 21.1 Å². The van der Waals surface area contributed by atoms with Crippen LogP contribution in [0.5, 0.6) is 0 Å². The fraction of sp³-hybridized carbons (Fsp3) is 0.900. The first kappa shape index (κ1) is 23.1. The Morgan fingerprint density at radius 3 is 1.31 bits per heavy atom. The highest BCUT2D eigenvalue weighted by Crippen LogP contribution is 2.04. The summed E-state index contributed by atoms with van der Waals surface area (Å²) < 4.78 is 0. The third kappa shape index (κ3) is 77.0. The average molecular weight is 192 g/mol. The molecule has 85 valence electrons. The SMILES string of the molecule is CN.CN.CN.[CH2]CCCC(C)C. The molecule has 0 aliphatic rings. The predicted molar refractivity (Wildman–Crippen MR) is 64.4 cm³/mol. The van der Waals surface area contributed by atoms with Gasteiger partial charge in [-0.05, 0) is 27.1 Å². The second kappa shape index (κ2) is 40.7. The summed E-state index contributed by atoms with van der Waals surface area (Å²) in [6.07, 6.45) is 3.72. The van der Waals surface area contributed by atoms with Gasteiger partial charge in [-0.15, -0.1) is 0 Å². The maximum Gasteiger partial charge on any atom is -0.0195 e. The molecule has 0 aromatic heterocycles. The van der Waals surface area contributed by atoms with E-state index >= 15 is 0 Å². The molecule has 0 aromatic carbocycles. The Hall–Kier alpha value is -0.120. The van der Waals surface area contributed by atoms with Gasteiger partial charge in [0.15, 0.2) is 0 Å². The van der Waals surface area contributed by atoms with E-state index in [1.807, 2.05) is 0 Å². The molecule has 0 saturated carbocycles. The lowest BCUT2D eigenvalue weighted by Gasteiger charge is -1.98. The van der Waals surface area contributed by atoms with E-state index in [0.717, 1.165) is 12.3 Å². The average Bonchev–Trinajstić information content (AvgIpc) is 2.24. The summed E-state index contributed by atoms with van der Waals surface area (Å²) in [7, 11) is 4.50. The van der Waals surface area contributed by atoms with Crippen LogP contribution in [0.25, 0.3) is 0 Å². The van der Waals surface area contributed by atoms with Gasteiger partial charge >= 0.3 is 0 Å². The number of hydrogen-bond acceptors (Lipinski definition) is 3. The van der Waals surface area contributed by atoms with Crippen LogP contribution in [0.4, 0.5) is 0 Å². The predicted octanol–water partition coefficient (Wildman–Crippen LogP) is 1.37. The summed E-state index contributed by atoms with van der Waals surface area (Å²) in [5.41, 5.74) is 13.5. The Balaban J connectivity index is -0.0000000573. The van der Waals surface area contributed by atoms with Crippen molar-refractivity contribution in [3.63, 3.8) is 0 Å². The Labute approximate surface area is 85.1 Å². The zero-order valence-electron chi connectivity index (χ0n) is 10.1. The Morgan fingerprint density at radius 2 is 1.23 bits per heavy atom. The molecular formula is C10H30N3. The summed E-state index contributed by atoms with van der Waals surface area (Å²) in [6.45, 7) is 8.25. The molecule has 0 aromatic rings. The molecule has 0 saturated heterocycles. The van der Waals surface area contributed by atoms with Crippen LogP contribution in [0.2, 0.25) is 0 Å². The molecular weight excluding hydrogens is 162 g/mol. The van der Waals surface area contributed by atoms with Gasteiger partial charge in [-0.3, -0.25) is 0 Å². The highest BCUT2D eigenvalue weighted by atomic mass is 14.4. The van der Waals surface area contributed by atoms with Crippen molar-refractivity contribution < 1.29 is 0 Å². The second-order valence-electron chi connectivity index (χ2n) is 2.39. The normalized spacial score (nSPS) is 6.92. The van der Waals surface area contributed by atoms with Gasteiger partial charge in [-0.2, -0.15) is 0 Å². The van der Waals surface area contributed by atoms with E-state index in [1.165, 1.54) is 34.0 Å². The third-order valence-electron chi connectivity index (χ3n) is 1.03. The second-order valence-corrected chi connectivity index (χ2v) is 2.39. The largest absolute Gasteiger partial charge is 0.333 e. The lowest BCUT2D eigenvalue weighted by molar-refractivity contribution is 0.559. The van der Waals surface area contributed by atoms with Crippen molar-refractivity contribution in [2.24, 2.45) is 23.1 Å². The summed E-state index contributed by atoms with van der Waals surface area (Å²) in [5.74, 6) is 0.863. The molecule has 1 radical (unpaired) electrons. The molecule has 3 nitrogen and oxygen atoms in total. The summed E-state index contributed by atoms with van der Waals surface area (Å²) in [4.78, 5) is 0. The van der Waals surface area contributed by atoms with E-state index in [9.17, 15) is 0 Å². The van der Waals surface area contributed by atoms with Gasteiger partial charge in [-0.1, -0.05) is 40.0 Å². The molecule has 0 unspecified atom stereocenters. The van der Waals surface area contributed by atoms with Crippen molar-refractivity contribution in [2.45, 2.75) is 33.1 Å². The van der Waals surface area contributed by atoms with Gasteiger partial charge in [0.25, 0.3) is 0 Å². The van der Waals surface area contributed by atoms with Crippen LogP contribution in [0.1, 0.15) is 33.1 Å². The van der Waals surface area contributed by atoms with Gasteiger partial charge in [0.1, 0.15) is 0 Å². The number of nitrogens with two attached hydrogens (primary N) is 3. The van der Waals surface area contributed by atoms with Crippen LogP contribution in [0, 0.1) is 12.8 Å². The molecule has 0 amide bonds. The van der Waals surface area contributed by atoms with Gasteiger partial charge in [-0.25, -0.2) is 0 Å². The molecule has 0 fully saturated rings. The summed E-state index contributed by atoms with van der Waals surface area (Å²) >= 11 is 0. The van der Waals surface area contributed by atoms with E-state index in [1.54, 1.807) is 0 Å². The quantitative estimate of drug-likeness (QED) is 0.632. The zero-order valence-corrected chi connectivity index (χ0v) is 10.1. The molecule has 0 aliphatic carbocycles. The monoisotopic (exact) mass is 192 g/mol. The minimum Gasteiger partial charge on any atom is -0.333 e. The maximum atomic E-state index is 4.50. The lowest BCUT2D eigenvalue weighted by Crippen LogP contribution is -1.84. The molecule has 0 atom stereocenters. The first-order chi connectivity index (χ1) is 6.27. The van der Waals surface area contributed by atoms with Gasteiger partial charge in [0.2, 0.25) is 0 Å². The van der Waals surface area contributed by atoms with Gasteiger partial charge < -0.3 is 17.2 Å². The number of hydrogen-bond donors (Lipinski definition) is 3. The minimum absolute atomic E-state index is 0.863. The molecule has 0 aliphatic heterocycles. The van der Waals surface area contributed by atoms with Crippen LogP contribution in [0.15, 0.2) is 0 Å². The van der Waals surface area contributed by atoms with E-state index in [0.29, 0.717) is 0 Å². The molecule has 6 N–H and O–H groups in total. The smallest absolute Gasteiger partial charge is 0.0195 e. The third-order valence-corrected chi connectivity index (χ3v) is 1.03. The van der Waals surface area contributed by atoms with E-state index < -0.39 is 0 Å². The molecule has 0 bridgehead atoms. The van der Waals surface area contributed by atoms with Crippen molar-refractivity contribution in [1.29, 1.82) is 0 Å². The highest BCUT2D eigenvalue weighted by molar-refractivity contribution is 4.46. The van der Waals surface area contributed by atoms with Crippen molar-refractivity contribution >= 4 is 0 Å². The van der Waals surface area contributed by atoms with Crippen molar-refractivity contribution in [3.8, 4) is 0 Å². The van der Waals surface area contributed by atoms with E-state index in [-0.39, 0.29) is 0 Å². The summed E-state index contributed by atoms with van der Waals surface area (Å²) in [6, 6.07) is 0. The fourth-order valence-corrected chi connectivity index (χ4v) is 0.553. The first-order valence-corrected chi connectivity index (χ1v) is 4.79. The van der Waals surface area contributed by atoms with Crippen LogP contribution >= 0.6 is 0 Å². The molecule has 0 spiro atoms. The fourth-order valence-electron chi connectivity index (χ4n) is 0.553.